The first kappa shape index (κ1) is 11.5. The molecule has 1 aliphatic rings. The van der Waals surface area contributed by atoms with Gasteiger partial charge in [-0.3, -0.25) is 0 Å². The Kier molecular flexibility index (Phi) is 3.88. The average molecular weight is 219 g/mol. The molecule has 0 saturated carbocycles. The lowest BCUT2D eigenvalue weighted by molar-refractivity contribution is 0.507. The van der Waals surface area contributed by atoms with E-state index in [1.54, 1.807) is 6.33 Å². The highest BCUT2D eigenvalue weighted by molar-refractivity contribution is 5.27. The summed E-state index contributed by atoms with van der Waals surface area (Å²) in [5.41, 5.74) is 3.88. The van der Waals surface area contributed by atoms with Crippen LogP contribution in [0, 0.1) is 5.92 Å². The van der Waals surface area contributed by atoms with Crippen molar-refractivity contribution in [1.29, 1.82) is 0 Å². The third kappa shape index (κ3) is 2.59. The van der Waals surface area contributed by atoms with Crippen LogP contribution in [0.4, 0.5) is 0 Å². The third-order valence-corrected chi connectivity index (χ3v) is 3.29. The van der Waals surface area contributed by atoms with Crippen molar-refractivity contribution >= 4 is 0 Å². The second-order valence-corrected chi connectivity index (χ2v) is 4.77. The van der Waals surface area contributed by atoms with Crippen molar-refractivity contribution in [2.24, 2.45) is 5.92 Å². The number of rotatable bonds is 4. The highest BCUT2D eigenvalue weighted by Gasteiger charge is 2.16. The molecule has 0 amide bonds. The number of aromatic nitrogens is 2. The topological polar surface area (TPSA) is 37.8 Å². The second-order valence-electron chi connectivity index (χ2n) is 4.77. The summed E-state index contributed by atoms with van der Waals surface area (Å²) in [7, 11) is 0. The first-order valence-corrected chi connectivity index (χ1v) is 6.33. The van der Waals surface area contributed by atoms with Gasteiger partial charge in [0.25, 0.3) is 0 Å². The minimum atomic E-state index is 0.728. The van der Waals surface area contributed by atoms with Crippen molar-refractivity contribution in [3.05, 3.63) is 23.3 Å². The van der Waals surface area contributed by atoms with E-state index in [-0.39, 0.29) is 0 Å². The van der Waals surface area contributed by atoms with Gasteiger partial charge in [-0.15, -0.1) is 0 Å². The van der Waals surface area contributed by atoms with Crippen LogP contribution in [-0.4, -0.2) is 16.5 Å². The summed E-state index contributed by atoms with van der Waals surface area (Å²) < 4.78 is 0. The molecule has 0 bridgehead atoms. The summed E-state index contributed by atoms with van der Waals surface area (Å²) in [6, 6.07) is 0. The molecule has 1 aromatic rings. The molecule has 3 nitrogen and oxygen atoms in total. The van der Waals surface area contributed by atoms with Crippen LogP contribution in [0.25, 0.3) is 0 Å². The third-order valence-electron chi connectivity index (χ3n) is 3.29. The van der Waals surface area contributed by atoms with Crippen molar-refractivity contribution < 1.29 is 0 Å². The van der Waals surface area contributed by atoms with Crippen LogP contribution in [-0.2, 0) is 19.4 Å². The molecule has 3 heteroatoms. The van der Waals surface area contributed by atoms with E-state index in [9.17, 15) is 0 Å². The Morgan fingerprint density at radius 2 is 2.31 bits per heavy atom. The first-order valence-electron chi connectivity index (χ1n) is 6.33. The molecule has 1 N–H and O–H groups in total. The quantitative estimate of drug-likeness (QED) is 0.842. The van der Waals surface area contributed by atoms with Gasteiger partial charge in [-0.2, -0.15) is 0 Å². The predicted molar refractivity (Wildman–Crippen MR) is 65.2 cm³/mol. The maximum atomic E-state index is 4.46. The van der Waals surface area contributed by atoms with E-state index >= 15 is 0 Å². The SMILES string of the molecule is CCCC(C)Cc1ncnc2c1CNCC2. The molecule has 2 heterocycles. The molecule has 0 spiro atoms. The summed E-state index contributed by atoms with van der Waals surface area (Å²) in [6.45, 7) is 6.56. The molecule has 0 aromatic carbocycles. The summed E-state index contributed by atoms with van der Waals surface area (Å²) >= 11 is 0. The normalized spacial score (nSPS) is 16.9. The number of hydrogen-bond donors (Lipinski definition) is 1. The van der Waals surface area contributed by atoms with Crippen LogP contribution in [0.15, 0.2) is 6.33 Å². The molecular formula is C13H21N3. The largest absolute Gasteiger partial charge is 0.312 e. The Balaban J connectivity index is 2.14. The van der Waals surface area contributed by atoms with Gasteiger partial charge in [0, 0.05) is 36.5 Å². The van der Waals surface area contributed by atoms with Gasteiger partial charge in [0.1, 0.15) is 6.33 Å². The fourth-order valence-corrected chi connectivity index (χ4v) is 2.43. The Hall–Kier alpha value is -0.960. The number of nitrogens with one attached hydrogen (secondary N) is 1. The van der Waals surface area contributed by atoms with E-state index in [1.165, 1.54) is 29.8 Å². The van der Waals surface area contributed by atoms with Crippen LogP contribution in [0.1, 0.15) is 43.6 Å². The zero-order valence-electron chi connectivity index (χ0n) is 10.3. The van der Waals surface area contributed by atoms with Crippen LogP contribution < -0.4 is 5.32 Å². The smallest absolute Gasteiger partial charge is 0.115 e. The lowest BCUT2D eigenvalue weighted by Crippen LogP contribution is -2.26. The fraction of sp³-hybridized carbons (Fsp3) is 0.692. The van der Waals surface area contributed by atoms with Crippen LogP contribution in [0.5, 0.6) is 0 Å². The minimum Gasteiger partial charge on any atom is -0.312 e. The lowest BCUT2D eigenvalue weighted by atomic mass is 9.95. The molecule has 2 rings (SSSR count). The summed E-state index contributed by atoms with van der Waals surface area (Å²) in [6.07, 6.45) is 6.42. The zero-order chi connectivity index (χ0) is 11.4. The van der Waals surface area contributed by atoms with Gasteiger partial charge >= 0.3 is 0 Å². The number of fused-ring (bicyclic) bond motifs is 1. The van der Waals surface area contributed by atoms with Gasteiger partial charge in [0.05, 0.1) is 0 Å². The molecule has 0 aliphatic carbocycles. The van der Waals surface area contributed by atoms with Gasteiger partial charge in [0.2, 0.25) is 0 Å². The Morgan fingerprint density at radius 1 is 1.44 bits per heavy atom. The molecule has 1 aliphatic heterocycles. The molecule has 88 valence electrons. The Morgan fingerprint density at radius 3 is 3.12 bits per heavy atom. The molecule has 0 saturated heterocycles. The van der Waals surface area contributed by atoms with Gasteiger partial charge in [-0.1, -0.05) is 26.7 Å². The second kappa shape index (κ2) is 5.39. The maximum Gasteiger partial charge on any atom is 0.115 e. The van der Waals surface area contributed by atoms with Crippen molar-refractivity contribution in [2.45, 2.75) is 46.1 Å². The maximum absolute atomic E-state index is 4.46. The van der Waals surface area contributed by atoms with E-state index < -0.39 is 0 Å². The highest BCUT2D eigenvalue weighted by Crippen LogP contribution is 2.19. The molecule has 1 atom stereocenters. The first-order chi connectivity index (χ1) is 7.81. The lowest BCUT2D eigenvalue weighted by Gasteiger charge is -2.20. The standard InChI is InChI=1S/C13H21N3/c1-3-4-10(2)7-13-11-8-14-6-5-12(11)15-9-16-13/h9-10,14H,3-8H2,1-2H3. The van der Waals surface area contributed by atoms with Crippen LogP contribution in [0.2, 0.25) is 0 Å². The summed E-state index contributed by atoms with van der Waals surface area (Å²) in [5, 5.41) is 3.41. The number of hydrogen-bond acceptors (Lipinski definition) is 3. The number of nitrogens with zero attached hydrogens (tertiary/aromatic N) is 2. The molecule has 0 fully saturated rings. The highest BCUT2D eigenvalue weighted by atomic mass is 14.9. The van der Waals surface area contributed by atoms with Gasteiger partial charge in [-0.25, -0.2) is 9.97 Å². The average Bonchev–Trinajstić information content (AvgIpc) is 2.30. The zero-order valence-corrected chi connectivity index (χ0v) is 10.3. The van der Waals surface area contributed by atoms with Crippen molar-refractivity contribution in [1.82, 2.24) is 15.3 Å². The fourth-order valence-electron chi connectivity index (χ4n) is 2.43. The van der Waals surface area contributed by atoms with E-state index in [4.69, 9.17) is 0 Å². The molecule has 16 heavy (non-hydrogen) atoms. The van der Waals surface area contributed by atoms with E-state index in [2.05, 4.69) is 29.1 Å². The minimum absolute atomic E-state index is 0.728. The van der Waals surface area contributed by atoms with Crippen LogP contribution >= 0.6 is 0 Å². The van der Waals surface area contributed by atoms with Crippen molar-refractivity contribution in [3.8, 4) is 0 Å². The van der Waals surface area contributed by atoms with Gasteiger partial charge in [0.15, 0.2) is 0 Å². The summed E-state index contributed by atoms with van der Waals surface area (Å²) in [4.78, 5) is 8.85. The summed E-state index contributed by atoms with van der Waals surface area (Å²) in [5.74, 6) is 0.728. The van der Waals surface area contributed by atoms with E-state index in [0.29, 0.717) is 0 Å². The molecule has 0 radical (unpaired) electrons. The van der Waals surface area contributed by atoms with Gasteiger partial charge in [-0.05, 0) is 12.3 Å². The molecular weight excluding hydrogens is 198 g/mol. The predicted octanol–water partition coefficient (Wildman–Crippen LogP) is 2.10. The Bertz CT molecular complexity index is 349. The van der Waals surface area contributed by atoms with Crippen molar-refractivity contribution in [3.63, 3.8) is 0 Å². The van der Waals surface area contributed by atoms with Crippen LogP contribution in [0.3, 0.4) is 0 Å². The molecule has 1 unspecified atom stereocenters. The van der Waals surface area contributed by atoms with Crippen molar-refractivity contribution in [2.75, 3.05) is 6.54 Å². The monoisotopic (exact) mass is 219 g/mol. The van der Waals surface area contributed by atoms with E-state index in [0.717, 1.165) is 31.8 Å². The molecule has 1 aromatic heterocycles. The Labute approximate surface area is 97.7 Å². The van der Waals surface area contributed by atoms with Gasteiger partial charge < -0.3 is 5.32 Å². The van der Waals surface area contributed by atoms with E-state index in [1.807, 2.05) is 0 Å².